The predicted molar refractivity (Wildman–Crippen MR) is 80.7 cm³/mol. The number of hydrogen-bond acceptors (Lipinski definition) is 5. The number of carboxylic acid groups (broad SMARTS) is 1. The zero-order chi connectivity index (χ0) is 16.1. The van der Waals surface area contributed by atoms with Crippen molar-refractivity contribution in [3.63, 3.8) is 0 Å². The second-order valence-corrected chi connectivity index (χ2v) is 5.28. The Morgan fingerprint density at radius 3 is 2.64 bits per heavy atom. The third-order valence-electron chi connectivity index (χ3n) is 3.98. The summed E-state index contributed by atoms with van der Waals surface area (Å²) >= 11 is 0. The summed E-state index contributed by atoms with van der Waals surface area (Å²) in [7, 11) is 3.06. The molecule has 1 N–H and O–H groups in total. The first kappa shape index (κ1) is 16.3. The number of rotatable bonds is 7. The second-order valence-electron chi connectivity index (χ2n) is 5.28. The molecule has 6 nitrogen and oxygen atoms in total. The van der Waals surface area contributed by atoms with Crippen LogP contribution in [0.25, 0.3) is 0 Å². The third-order valence-corrected chi connectivity index (χ3v) is 3.98. The molecule has 1 heterocycles. The zero-order valence-corrected chi connectivity index (χ0v) is 12.9. The average Bonchev–Trinajstić information content (AvgIpc) is 3.00. The van der Waals surface area contributed by atoms with Crippen LogP contribution in [0, 0.1) is 0 Å². The summed E-state index contributed by atoms with van der Waals surface area (Å²) in [5.74, 6) is 0.246. The van der Waals surface area contributed by atoms with Crippen molar-refractivity contribution in [1.29, 1.82) is 0 Å². The van der Waals surface area contributed by atoms with Crippen molar-refractivity contribution >= 4 is 11.8 Å². The highest BCUT2D eigenvalue weighted by molar-refractivity contribution is 5.96. The number of Topliss-reactive ketones (excluding diaryl/α,β-unsaturated/α-hetero) is 1. The molecule has 1 aromatic rings. The van der Waals surface area contributed by atoms with Crippen molar-refractivity contribution in [2.45, 2.75) is 25.3 Å². The summed E-state index contributed by atoms with van der Waals surface area (Å²) in [6.45, 7) is 1.19. The number of ether oxygens (including phenoxy) is 2. The van der Waals surface area contributed by atoms with Crippen LogP contribution in [0.2, 0.25) is 0 Å². The van der Waals surface area contributed by atoms with Crippen LogP contribution in [-0.4, -0.2) is 55.1 Å². The van der Waals surface area contributed by atoms with Crippen molar-refractivity contribution in [3.8, 4) is 11.5 Å². The van der Waals surface area contributed by atoms with Gasteiger partial charge in [-0.05, 0) is 37.6 Å². The molecular formula is C16H21NO5. The molecule has 1 fully saturated rings. The Bertz CT molecular complexity index is 557. The van der Waals surface area contributed by atoms with E-state index < -0.39 is 12.0 Å². The van der Waals surface area contributed by atoms with Crippen LogP contribution >= 0.6 is 0 Å². The number of benzene rings is 1. The smallest absolute Gasteiger partial charge is 0.320 e. The fourth-order valence-electron chi connectivity index (χ4n) is 2.77. The Kier molecular flexibility index (Phi) is 5.38. The second kappa shape index (κ2) is 7.26. The maximum atomic E-state index is 12.3. The lowest BCUT2D eigenvalue weighted by molar-refractivity contribution is -0.142. The lowest BCUT2D eigenvalue weighted by Gasteiger charge is -2.20. The highest BCUT2D eigenvalue weighted by Gasteiger charge is 2.30. The number of nitrogens with zero attached hydrogens (tertiary/aromatic N) is 1. The van der Waals surface area contributed by atoms with Crippen LogP contribution in [0.4, 0.5) is 0 Å². The van der Waals surface area contributed by atoms with Gasteiger partial charge in [0.1, 0.15) is 6.04 Å². The molecule has 0 spiro atoms. The Balaban J connectivity index is 1.99. The van der Waals surface area contributed by atoms with Crippen LogP contribution in [0.1, 0.15) is 29.6 Å². The molecule has 1 saturated heterocycles. The molecule has 6 heteroatoms. The maximum absolute atomic E-state index is 12.3. The molecule has 1 aliphatic rings. The average molecular weight is 307 g/mol. The van der Waals surface area contributed by atoms with E-state index in [0.717, 1.165) is 13.0 Å². The van der Waals surface area contributed by atoms with Crippen molar-refractivity contribution in [2.75, 3.05) is 27.3 Å². The highest BCUT2D eigenvalue weighted by Crippen LogP contribution is 2.28. The lowest BCUT2D eigenvalue weighted by Crippen LogP contribution is -2.37. The summed E-state index contributed by atoms with van der Waals surface area (Å²) in [5, 5.41) is 9.13. The number of likely N-dealkylation sites (tertiary alicyclic amines) is 1. The molecule has 120 valence electrons. The Hall–Kier alpha value is -2.08. The number of carboxylic acids is 1. The Morgan fingerprint density at radius 1 is 1.27 bits per heavy atom. The minimum atomic E-state index is -0.809. The van der Waals surface area contributed by atoms with Crippen molar-refractivity contribution < 1.29 is 24.2 Å². The molecular weight excluding hydrogens is 286 g/mol. The summed E-state index contributed by atoms with van der Waals surface area (Å²) in [6.07, 6.45) is 1.81. The standard InChI is InChI=1S/C16H21NO5/c1-21-14-6-5-11(10-15(14)22-2)13(18)7-9-17-8-3-4-12(17)16(19)20/h5-6,10,12H,3-4,7-9H2,1-2H3,(H,19,20). The molecule has 0 aromatic heterocycles. The SMILES string of the molecule is COc1ccc(C(=O)CCN2CCCC2C(=O)O)cc1OC. The molecule has 0 aliphatic carbocycles. The number of ketones is 1. The first-order valence-corrected chi connectivity index (χ1v) is 7.29. The number of hydrogen-bond donors (Lipinski definition) is 1. The highest BCUT2D eigenvalue weighted by atomic mass is 16.5. The molecule has 0 radical (unpaired) electrons. The number of carbonyl (C=O) groups is 2. The number of carbonyl (C=O) groups excluding carboxylic acids is 1. The van der Waals surface area contributed by atoms with Gasteiger partial charge in [-0.15, -0.1) is 0 Å². The van der Waals surface area contributed by atoms with Gasteiger partial charge in [0.25, 0.3) is 0 Å². The predicted octanol–water partition coefficient (Wildman–Crippen LogP) is 1.83. The quantitative estimate of drug-likeness (QED) is 0.774. The van der Waals surface area contributed by atoms with Crippen LogP contribution in [0.3, 0.4) is 0 Å². The Labute approximate surface area is 129 Å². The zero-order valence-electron chi connectivity index (χ0n) is 12.9. The van der Waals surface area contributed by atoms with E-state index in [1.54, 1.807) is 25.3 Å². The Morgan fingerprint density at radius 2 is 2.00 bits per heavy atom. The first-order valence-electron chi connectivity index (χ1n) is 7.29. The van der Waals surface area contributed by atoms with Gasteiger partial charge in [-0.3, -0.25) is 14.5 Å². The van der Waals surface area contributed by atoms with Gasteiger partial charge in [0, 0.05) is 18.5 Å². The van der Waals surface area contributed by atoms with Crippen molar-refractivity contribution in [1.82, 2.24) is 4.90 Å². The normalized spacial score (nSPS) is 18.2. The minimum absolute atomic E-state index is 0.0306. The van der Waals surface area contributed by atoms with E-state index in [1.165, 1.54) is 7.11 Å². The van der Waals surface area contributed by atoms with Crippen LogP contribution in [-0.2, 0) is 4.79 Å². The summed E-state index contributed by atoms with van der Waals surface area (Å²) in [6, 6.07) is 4.59. The van der Waals surface area contributed by atoms with Crippen molar-refractivity contribution in [2.24, 2.45) is 0 Å². The van der Waals surface area contributed by atoms with Crippen molar-refractivity contribution in [3.05, 3.63) is 23.8 Å². The van der Waals surface area contributed by atoms with Gasteiger partial charge >= 0.3 is 5.97 Å². The molecule has 0 saturated carbocycles. The third kappa shape index (κ3) is 3.57. The monoisotopic (exact) mass is 307 g/mol. The fourth-order valence-corrected chi connectivity index (χ4v) is 2.77. The van der Waals surface area contributed by atoms with Crippen LogP contribution < -0.4 is 9.47 Å². The van der Waals surface area contributed by atoms with Gasteiger partial charge in [0.2, 0.25) is 0 Å². The van der Waals surface area contributed by atoms with Gasteiger partial charge < -0.3 is 14.6 Å². The van der Waals surface area contributed by atoms with E-state index in [-0.39, 0.29) is 5.78 Å². The van der Waals surface area contributed by atoms with E-state index in [0.29, 0.717) is 36.4 Å². The minimum Gasteiger partial charge on any atom is -0.493 e. The topological polar surface area (TPSA) is 76.1 Å². The van der Waals surface area contributed by atoms with E-state index in [1.807, 2.05) is 4.90 Å². The summed E-state index contributed by atoms with van der Waals surface area (Å²) in [5.41, 5.74) is 0.545. The molecule has 22 heavy (non-hydrogen) atoms. The largest absolute Gasteiger partial charge is 0.493 e. The summed E-state index contributed by atoms with van der Waals surface area (Å²) < 4.78 is 10.3. The molecule has 1 aromatic carbocycles. The van der Waals surface area contributed by atoms with E-state index in [9.17, 15) is 9.59 Å². The van der Waals surface area contributed by atoms with Gasteiger partial charge in [-0.1, -0.05) is 0 Å². The molecule has 1 atom stereocenters. The molecule has 1 unspecified atom stereocenters. The van der Waals surface area contributed by atoms with Gasteiger partial charge in [0.15, 0.2) is 17.3 Å². The van der Waals surface area contributed by atoms with E-state index >= 15 is 0 Å². The number of methoxy groups -OCH3 is 2. The first-order chi connectivity index (χ1) is 10.6. The summed E-state index contributed by atoms with van der Waals surface area (Å²) in [4.78, 5) is 25.3. The van der Waals surface area contributed by atoms with Crippen LogP contribution in [0.5, 0.6) is 11.5 Å². The molecule has 2 rings (SSSR count). The van der Waals surface area contributed by atoms with E-state index in [4.69, 9.17) is 14.6 Å². The molecule has 0 bridgehead atoms. The van der Waals surface area contributed by atoms with Crippen LogP contribution in [0.15, 0.2) is 18.2 Å². The van der Waals surface area contributed by atoms with E-state index in [2.05, 4.69) is 0 Å². The van der Waals surface area contributed by atoms with Gasteiger partial charge in [-0.2, -0.15) is 0 Å². The lowest BCUT2D eigenvalue weighted by atomic mass is 10.1. The fraction of sp³-hybridized carbons (Fsp3) is 0.500. The van der Waals surface area contributed by atoms with Gasteiger partial charge in [0.05, 0.1) is 14.2 Å². The molecule has 0 amide bonds. The maximum Gasteiger partial charge on any atom is 0.320 e. The number of aliphatic carboxylic acids is 1. The molecule has 1 aliphatic heterocycles. The van der Waals surface area contributed by atoms with Gasteiger partial charge in [-0.25, -0.2) is 0 Å².